The number of hydrogen-bond donors (Lipinski definition) is 1. The third kappa shape index (κ3) is 2.34. The molecule has 1 aromatic rings. The van der Waals surface area contributed by atoms with Crippen LogP contribution < -0.4 is 5.32 Å². The molecule has 80 valence electrons. The minimum absolute atomic E-state index is 0.398. The van der Waals surface area contributed by atoms with E-state index in [1.54, 1.807) is 12.1 Å². The molecular weight excluding hydrogens is 194 g/mol. The summed E-state index contributed by atoms with van der Waals surface area (Å²) in [6, 6.07) is 3.40. The van der Waals surface area contributed by atoms with E-state index in [2.05, 4.69) is 10.1 Å². The minimum Gasteiger partial charge on any atom is -0.465 e. The first-order valence-corrected chi connectivity index (χ1v) is 4.50. The molecule has 15 heavy (non-hydrogen) atoms. The van der Waals surface area contributed by atoms with E-state index in [0.29, 0.717) is 17.7 Å². The van der Waals surface area contributed by atoms with Gasteiger partial charge >= 0.3 is 5.97 Å². The number of carbonyl (C=O) groups excluding carboxylic acids is 2. The van der Waals surface area contributed by atoms with Crippen molar-refractivity contribution in [3.63, 3.8) is 0 Å². The van der Waals surface area contributed by atoms with E-state index in [0.717, 1.165) is 11.1 Å². The Morgan fingerprint density at radius 2 is 2.07 bits per heavy atom. The summed E-state index contributed by atoms with van der Waals surface area (Å²) < 4.78 is 4.65. The summed E-state index contributed by atoms with van der Waals surface area (Å²) in [4.78, 5) is 21.7. The number of aryl methyl sites for hydroxylation is 1. The molecule has 4 heteroatoms. The number of hydrogen-bond acceptors (Lipinski definition) is 3. The van der Waals surface area contributed by atoms with E-state index in [1.807, 2.05) is 13.8 Å². The van der Waals surface area contributed by atoms with Crippen LogP contribution in [0, 0.1) is 13.8 Å². The lowest BCUT2D eigenvalue weighted by Gasteiger charge is -2.09. The normalized spacial score (nSPS) is 9.53. The fourth-order valence-corrected chi connectivity index (χ4v) is 1.33. The highest BCUT2D eigenvalue weighted by molar-refractivity contribution is 5.93. The number of amides is 1. The third-order valence-corrected chi connectivity index (χ3v) is 2.30. The Morgan fingerprint density at radius 1 is 1.40 bits per heavy atom. The van der Waals surface area contributed by atoms with Crippen LogP contribution >= 0.6 is 0 Å². The molecular formula is C11H13NO3. The van der Waals surface area contributed by atoms with Gasteiger partial charge in [-0.25, -0.2) is 4.79 Å². The lowest BCUT2D eigenvalue weighted by Crippen LogP contribution is -2.06. The van der Waals surface area contributed by atoms with Gasteiger partial charge in [0.2, 0.25) is 6.41 Å². The molecule has 0 unspecified atom stereocenters. The van der Waals surface area contributed by atoms with Crippen molar-refractivity contribution in [3.8, 4) is 0 Å². The van der Waals surface area contributed by atoms with Gasteiger partial charge in [-0.2, -0.15) is 0 Å². The fraction of sp³-hybridized carbons (Fsp3) is 0.273. The van der Waals surface area contributed by atoms with Gasteiger partial charge in [-0.1, -0.05) is 0 Å². The second kappa shape index (κ2) is 4.59. The number of nitrogens with one attached hydrogen (secondary N) is 1. The Morgan fingerprint density at radius 3 is 2.60 bits per heavy atom. The number of ether oxygens (including phenoxy) is 1. The molecule has 1 rings (SSSR count). The van der Waals surface area contributed by atoms with Crippen LogP contribution in [-0.2, 0) is 9.53 Å². The van der Waals surface area contributed by atoms with E-state index in [1.165, 1.54) is 7.11 Å². The van der Waals surface area contributed by atoms with Gasteiger partial charge in [0.1, 0.15) is 0 Å². The summed E-state index contributed by atoms with van der Waals surface area (Å²) in [5, 5.41) is 2.51. The molecule has 1 amide bonds. The SMILES string of the molecule is COC(=O)c1cc(NC=O)cc(C)c1C. The quantitative estimate of drug-likeness (QED) is 0.605. The molecule has 0 saturated carbocycles. The van der Waals surface area contributed by atoms with Crippen molar-refractivity contribution in [2.75, 3.05) is 12.4 Å². The predicted octanol–water partition coefficient (Wildman–Crippen LogP) is 1.66. The van der Waals surface area contributed by atoms with Gasteiger partial charge in [0, 0.05) is 5.69 Å². The van der Waals surface area contributed by atoms with Crippen molar-refractivity contribution in [2.24, 2.45) is 0 Å². The highest BCUT2D eigenvalue weighted by atomic mass is 16.5. The minimum atomic E-state index is -0.398. The van der Waals surface area contributed by atoms with E-state index in [4.69, 9.17) is 0 Å². The average molecular weight is 207 g/mol. The molecule has 0 aliphatic rings. The zero-order valence-electron chi connectivity index (χ0n) is 8.96. The van der Waals surface area contributed by atoms with Gasteiger partial charge in [-0.05, 0) is 37.1 Å². The summed E-state index contributed by atoms with van der Waals surface area (Å²) in [7, 11) is 1.33. The Bertz CT molecular complexity index is 399. The molecule has 4 nitrogen and oxygen atoms in total. The lowest BCUT2D eigenvalue weighted by molar-refractivity contribution is -0.105. The van der Waals surface area contributed by atoms with Crippen LogP contribution in [0.1, 0.15) is 21.5 Å². The maximum atomic E-state index is 11.4. The summed E-state index contributed by atoms with van der Waals surface area (Å²) in [5.41, 5.74) is 2.86. The van der Waals surface area contributed by atoms with Gasteiger partial charge in [-0.3, -0.25) is 4.79 Å². The molecule has 0 aliphatic heterocycles. The van der Waals surface area contributed by atoms with E-state index < -0.39 is 5.97 Å². The average Bonchev–Trinajstić information content (AvgIpc) is 2.22. The van der Waals surface area contributed by atoms with Crippen molar-refractivity contribution in [1.29, 1.82) is 0 Å². The standard InChI is InChI=1S/C11H13NO3/c1-7-4-9(12-6-13)5-10(8(7)2)11(14)15-3/h4-6H,1-3H3,(H,12,13). The Labute approximate surface area is 88.2 Å². The summed E-state index contributed by atoms with van der Waals surface area (Å²) in [6.45, 7) is 3.71. The van der Waals surface area contributed by atoms with Crippen LogP contribution in [0.5, 0.6) is 0 Å². The Hall–Kier alpha value is -1.84. The van der Waals surface area contributed by atoms with Gasteiger partial charge in [-0.15, -0.1) is 0 Å². The van der Waals surface area contributed by atoms with Crippen LogP contribution in [-0.4, -0.2) is 19.5 Å². The highest BCUT2D eigenvalue weighted by Gasteiger charge is 2.12. The Kier molecular flexibility index (Phi) is 3.44. The third-order valence-electron chi connectivity index (χ3n) is 2.30. The van der Waals surface area contributed by atoms with Crippen molar-refractivity contribution in [1.82, 2.24) is 0 Å². The molecule has 0 fully saturated rings. The molecule has 0 saturated heterocycles. The van der Waals surface area contributed by atoms with E-state index in [9.17, 15) is 9.59 Å². The molecule has 0 aliphatic carbocycles. The predicted molar refractivity (Wildman–Crippen MR) is 56.9 cm³/mol. The van der Waals surface area contributed by atoms with Crippen molar-refractivity contribution >= 4 is 18.1 Å². The lowest BCUT2D eigenvalue weighted by atomic mass is 10.0. The Balaban J connectivity index is 3.24. The van der Waals surface area contributed by atoms with E-state index >= 15 is 0 Å². The maximum Gasteiger partial charge on any atom is 0.338 e. The molecule has 1 N–H and O–H groups in total. The van der Waals surface area contributed by atoms with Crippen molar-refractivity contribution in [3.05, 3.63) is 28.8 Å². The number of anilines is 1. The number of methoxy groups -OCH3 is 1. The largest absolute Gasteiger partial charge is 0.465 e. The monoisotopic (exact) mass is 207 g/mol. The molecule has 0 spiro atoms. The molecule has 0 atom stereocenters. The second-order valence-electron chi connectivity index (χ2n) is 3.22. The van der Waals surface area contributed by atoms with Gasteiger partial charge in [0.25, 0.3) is 0 Å². The number of rotatable bonds is 3. The zero-order valence-corrected chi connectivity index (χ0v) is 8.96. The van der Waals surface area contributed by atoms with Crippen LogP contribution in [0.3, 0.4) is 0 Å². The number of benzene rings is 1. The topological polar surface area (TPSA) is 55.4 Å². The molecule has 0 radical (unpaired) electrons. The number of esters is 1. The summed E-state index contributed by atoms with van der Waals surface area (Å²) in [5.74, 6) is -0.398. The summed E-state index contributed by atoms with van der Waals surface area (Å²) in [6.07, 6.45) is 0.575. The van der Waals surface area contributed by atoms with Gasteiger partial charge in [0.05, 0.1) is 12.7 Å². The zero-order chi connectivity index (χ0) is 11.4. The van der Waals surface area contributed by atoms with Crippen molar-refractivity contribution < 1.29 is 14.3 Å². The molecule has 0 heterocycles. The van der Waals surface area contributed by atoms with E-state index in [-0.39, 0.29) is 0 Å². The van der Waals surface area contributed by atoms with Crippen molar-refractivity contribution in [2.45, 2.75) is 13.8 Å². The first kappa shape index (κ1) is 11.2. The van der Waals surface area contributed by atoms with Gasteiger partial charge in [0.15, 0.2) is 0 Å². The fourth-order valence-electron chi connectivity index (χ4n) is 1.33. The molecule has 1 aromatic carbocycles. The summed E-state index contributed by atoms with van der Waals surface area (Å²) >= 11 is 0. The molecule has 0 bridgehead atoms. The first-order chi connectivity index (χ1) is 7.10. The second-order valence-corrected chi connectivity index (χ2v) is 3.22. The van der Waals surface area contributed by atoms with Gasteiger partial charge < -0.3 is 10.1 Å². The van der Waals surface area contributed by atoms with Crippen LogP contribution in [0.2, 0.25) is 0 Å². The van der Waals surface area contributed by atoms with Crippen LogP contribution in [0.4, 0.5) is 5.69 Å². The number of carbonyl (C=O) groups is 2. The van der Waals surface area contributed by atoms with Crippen LogP contribution in [0.15, 0.2) is 12.1 Å². The first-order valence-electron chi connectivity index (χ1n) is 4.50. The molecule has 0 aromatic heterocycles. The smallest absolute Gasteiger partial charge is 0.338 e. The van der Waals surface area contributed by atoms with Crippen LogP contribution in [0.25, 0.3) is 0 Å². The highest BCUT2D eigenvalue weighted by Crippen LogP contribution is 2.20. The maximum absolute atomic E-state index is 11.4.